The Morgan fingerprint density at radius 3 is 1.81 bits per heavy atom. The van der Waals surface area contributed by atoms with Crippen LogP contribution in [0.4, 0.5) is 17.1 Å². The van der Waals surface area contributed by atoms with Crippen LogP contribution in [-0.4, -0.2) is 17.9 Å². The van der Waals surface area contributed by atoms with Crippen molar-refractivity contribution in [2.45, 2.75) is 74.1 Å². The minimum atomic E-state index is -1.64. The molecule has 0 saturated heterocycles. The van der Waals surface area contributed by atoms with Gasteiger partial charge in [0, 0.05) is 64.0 Å². The summed E-state index contributed by atoms with van der Waals surface area (Å²) in [5.74, 6) is 2.69. The van der Waals surface area contributed by atoms with E-state index < -0.39 is 8.80 Å². The first-order valence-corrected chi connectivity index (χ1v) is 27.3. The minimum Gasteiger partial charge on any atom is -0.344 e. The minimum absolute atomic E-state index is 0.618. The van der Waals surface area contributed by atoms with Gasteiger partial charge in [0.2, 0.25) is 0 Å². The van der Waals surface area contributed by atoms with Gasteiger partial charge in [0.25, 0.3) is 0 Å². The van der Waals surface area contributed by atoms with Crippen molar-refractivity contribution in [2.24, 2.45) is 37.8 Å². The van der Waals surface area contributed by atoms with Gasteiger partial charge in [-0.05, 0) is 153 Å². The Kier molecular flexibility index (Phi) is 11.7. The van der Waals surface area contributed by atoms with Gasteiger partial charge in [0.1, 0.15) is 8.80 Å². The molecule has 3 nitrogen and oxygen atoms in total. The van der Waals surface area contributed by atoms with E-state index in [0.717, 1.165) is 35.8 Å². The van der Waals surface area contributed by atoms with Gasteiger partial charge in [0.05, 0.1) is 5.52 Å². The Morgan fingerprint density at radius 2 is 1.17 bits per heavy atom. The van der Waals surface area contributed by atoms with E-state index in [1.807, 2.05) is 5.20 Å². The van der Waals surface area contributed by atoms with Crippen LogP contribution in [0.3, 0.4) is 0 Å². The molecule has 69 heavy (non-hydrogen) atoms. The van der Waals surface area contributed by atoms with Gasteiger partial charge in [0.15, 0.2) is 0 Å². The van der Waals surface area contributed by atoms with Crippen LogP contribution in [0.1, 0.15) is 95.7 Å². The lowest BCUT2D eigenvalue weighted by Crippen LogP contribution is -2.43. The van der Waals surface area contributed by atoms with Crippen LogP contribution >= 0.6 is 0 Å². The van der Waals surface area contributed by atoms with Gasteiger partial charge >= 0.3 is 0 Å². The number of allylic oxidation sites excluding steroid dienone is 7. The maximum atomic E-state index is 2.56. The zero-order chi connectivity index (χ0) is 47.7. The lowest BCUT2D eigenvalue weighted by molar-refractivity contribution is 0.291. The van der Waals surface area contributed by atoms with Crippen molar-refractivity contribution in [2.75, 3.05) is 4.90 Å². The van der Waals surface area contributed by atoms with Gasteiger partial charge in [-0.3, -0.25) is 0 Å². The SMILES string of the molecule is CC1=CC(C)CC(C)=C1[SiH](C1=C(C)CC(C)C(C)C1C)c1ccc(C2=Cc3c(c4ccc(C=Cc5ccc6c7ccc(N(c8ccccc8)c8ccccc8)cc7n(C)c6c5)cc4n3C)CC2)cc1. The van der Waals surface area contributed by atoms with Crippen LogP contribution in [0.5, 0.6) is 0 Å². The second kappa shape index (κ2) is 18.0. The molecule has 4 heteroatoms. The quantitative estimate of drug-likeness (QED) is 0.104. The third kappa shape index (κ3) is 8.01. The molecule has 346 valence electrons. The molecular weight excluding hydrogens is 851 g/mol. The van der Waals surface area contributed by atoms with Gasteiger partial charge in [-0.25, -0.2) is 0 Å². The van der Waals surface area contributed by atoms with Gasteiger partial charge in [-0.1, -0.05) is 169 Å². The van der Waals surface area contributed by atoms with Crippen molar-refractivity contribution in [1.82, 2.24) is 9.13 Å². The second-order valence-corrected chi connectivity index (χ2v) is 23.8. The number of fused-ring (bicyclic) bond motifs is 6. The lowest BCUT2D eigenvalue weighted by atomic mass is 9.76. The van der Waals surface area contributed by atoms with Crippen molar-refractivity contribution in [3.63, 3.8) is 0 Å². The highest BCUT2D eigenvalue weighted by Gasteiger charge is 2.38. The van der Waals surface area contributed by atoms with Crippen LogP contribution in [0, 0.1) is 23.7 Å². The molecule has 3 aliphatic carbocycles. The summed E-state index contributed by atoms with van der Waals surface area (Å²) < 4.78 is 4.78. The van der Waals surface area contributed by atoms with E-state index in [4.69, 9.17) is 0 Å². The summed E-state index contributed by atoms with van der Waals surface area (Å²) in [6.45, 7) is 17.2. The number of aryl methyl sites for hydroxylation is 3. The molecule has 0 amide bonds. The smallest absolute Gasteiger partial charge is 0.129 e. The maximum absolute atomic E-state index is 2.56. The highest BCUT2D eigenvalue weighted by atomic mass is 28.3. The highest BCUT2D eigenvalue weighted by Crippen LogP contribution is 2.44. The molecule has 2 heterocycles. The predicted octanol–water partition coefficient (Wildman–Crippen LogP) is 16.4. The van der Waals surface area contributed by atoms with Gasteiger partial charge in [-0.15, -0.1) is 0 Å². The lowest BCUT2D eigenvalue weighted by Gasteiger charge is -2.41. The largest absolute Gasteiger partial charge is 0.344 e. The molecule has 6 aromatic carbocycles. The van der Waals surface area contributed by atoms with Gasteiger partial charge in [-0.2, -0.15) is 0 Å². The highest BCUT2D eigenvalue weighted by molar-refractivity contribution is 6.87. The van der Waals surface area contributed by atoms with E-state index in [1.165, 1.54) is 84.6 Å². The van der Waals surface area contributed by atoms with Crippen molar-refractivity contribution in [3.05, 3.63) is 201 Å². The number of hydrogen-bond donors (Lipinski definition) is 0. The molecule has 2 aromatic heterocycles. The Labute approximate surface area is 412 Å². The average molecular weight is 918 g/mol. The van der Waals surface area contributed by atoms with Crippen molar-refractivity contribution >= 4 is 87.6 Å². The van der Waals surface area contributed by atoms with Crippen molar-refractivity contribution < 1.29 is 0 Å². The van der Waals surface area contributed by atoms with Gasteiger partial charge < -0.3 is 14.0 Å². The molecule has 0 bridgehead atoms. The summed E-state index contributed by atoms with van der Waals surface area (Å²) in [6.07, 6.45) is 14.1. The summed E-state index contributed by atoms with van der Waals surface area (Å²) in [4.78, 5) is 2.34. The molecule has 0 saturated carbocycles. The number of nitrogens with zero attached hydrogens (tertiary/aromatic N) is 3. The van der Waals surface area contributed by atoms with E-state index in [0.29, 0.717) is 17.8 Å². The number of rotatable bonds is 9. The predicted molar refractivity (Wildman–Crippen MR) is 301 cm³/mol. The first-order valence-electron chi connectivity index (χ1n) is 25.5. The van der Waals surface area contributed by atoms with E-state index in [9.17, 15) is 0 Å². The first kappa shape index (κ1) is 44.9. The summed E-state index contributed by atoms with van der Waals surface area (Å²) in [7, 11) is 2.81. The zero-order valence-electron chi connectivity index (χ0n) is 42.1. The van der Waals surface area contributed by atoms with Crippen LogP contribution in [0.2, 0.25) is 0 Å². The molecule has 5 unspecified atom stereocenters. The van der Waals surface area contributed by atoms with Crippen molar-refractivity contribution in [1.29, 1.82) is 0 Å². The third-order valence-electron chi connectivity index (χ3n) is 16.7. The molecule has 0 N–H and O–H groups in total. The topological polar surface area (TPSA) is 13.1 Å². The van der Waals surface area contributed by atoms with Crippen LogP contribution in [0.15, 0.2) is 173 Å². The fourth-order valence-corrected chi connectivity index (χ4v) is 17.1. The number of benzene rings is 6. The standard InChI is InChI=1S/C65H67N3Si/c1-41-34-43(3)64(44(4)35-41)69(65-45(5)36-42(2)46(6)47(65)7)55-28-24-50(25-29-55)51-26-32-58-56-30-22-48(37-60(56)66(8)62(58)39-51)20-21-49-23-31-57-59-33-27-54(40-63(59)67(9)61(57)38-49)68(52-16-12-10-13-17-52)53-18-14-11-15-19-53/h10-25,27-31,33-34,37-42,46-47,69H,26,32,35-36H2,1-9H3. The Bertz CT molecular complexity index is 3400. The summed E-state index contributed by atoms with van der Waals surface area (Å²) in [5.41, 5.74) is 20.1. The molecule has 5 atom stereocenters. The number of anilines is 3. The summed E-state index contributed by atoms with van der Waals surface area (Å²) >= 11 is 0. The Balaban J connectivity index is 0.871. The molecular formula is C65H67N3Si. The molecule has 3 aliphatic rings. The number of para-hydroxylation sites is 2. The summed E-state index contributed by atoms with van der Waals surface area (Å²) in [5, 5.41) is 9.02. The molecule has 0 radical (unpaired) electrons. The molecule has 11 rings (SSSR count). The molecule has 0 fully saturated rings. The monoisotopic (exact) mass is 918 g/mol. The first-order chi connectivity index (χ1) is 33.4. The fourth-order valence-electron chi connectivity index (χ4n) is 12.9. The normalized spacial score (nSPS) is 20.2. The molecule has 8 aromatic rings. The van der Waals surface area contributed by atoms with E-state index in [1.54, 1.807) is 21.5 Å². The summed E-state index contributed by atoms with van der Waals surface area (Å²) in [6, 6.07) is 52.1. The number of aromatic nitrogens is 2. The maximum Gasteiger partial charge on any atom is 0.129 e. The Morgan fingerprint density at radius 1 is 0.580 bits per heavy atom. The van der Waals surface area contributed by atoms with Crippen molar-refractivity contribution in [3.8, 4) is 0 Å². The molecule has 0 spiro atoms. The third-order valence-corrected chi connectivity index (χ3v) is 20.9. The zero-order valence-corrected chi connectivity index (χ0v) is 43.3. The van der Waals surface area contributed by atoms with E-state index >= 15 is 0 Å². The second-order valence-electron chi connectivity index (χ2n) is 21.1. The number of hydrogen-bond acceptors (Lipinski definition) is 1. The van der Waals surface area contributed by atoms with E-state index in [-0.39, 0.29) is 0 Å². The molecule has 0 aliphatic heterocycles. The van der Waals surface area contributed by atoms with Crippen LogP contribution in [0.25, 0.3) is 56.5 Å². The Hall–Kier alpha value is -6.62. The fraction of sp³-hybridized carbons (Fsp3) is 0.262. The van der Waals surface area contributed by atoms with Crippen LogP contribution < -0.4 is 10.1 Å². The average Bonchev–Trinajstić information content (AvgIpc) is 3.80. The van der Waals surface area contributed by atoms with Crippen LogP contribution in [-0.2, 0) is 20.5 Å². The van der Waals surface area contributed by atoms with E-state index in [2.05, 4.69) is 240 Å².